The predicted octanol–water partition coefficient (Wildman–Crippen LogP) is 4.60. The predicted molar refractivity (Wildman–Crippen MR) is 141 cm³/mol. The van der Waals surface area contributed by atoms with Crippen molar-refractivity contribution >= 4 is 23.3 Å². The van der Waals surface area contributed by atoms with Gasteiger partial charge in [0.2, 0.25) is 11.7 Å². The summed E-state index contributed by atoms with van der Waals surface area (Å²) in [5.74, 6) is -1.95. The summed E-state index contributed by atoms with van der Waals surface area (Å²) in [6.07, 6.45) is 0.488. The van der Waals surface area contributed by atoms with E-state index in [4.69, 9.17) is 4.42 Å². The van der Waals surface area contributed by atoms with E-state index in [9.17, 15) is 27.9 Å². The zero-order valence-corrected chi connectivity index (χ0v) is 21.7. The van der Waals surface area contributed by atoms with E-state index < -0.39 is 29.6 Å². The molecule has 0 radical (unpaired) electrons. The van der Waals surface area contributed by atoms with Crippen molar-refractivity contribution in [1.82, 2.24) is 14.9 Å². The summed E-state index contributed by atoms with van der Waals surface area (Å²) in [4.78, 5) is 37.1. The highest BCUT2D eigenvalue weighted by Gasteiger charge is 2.41. The lowest BCUT2D eigenvalue weighted by molar-refractivity contribution is -0.144. The number of hydrogen-bond acceptors (Lipinski definition) is 7. The second-order valence-corrected chi connectivity index (χ2v) is 10.1. The number of aliphatic hydroxyl groups is 1. The molecule has 2 amide bonds. The first-order chi connectivity index (χ1) is 19.2. The van der Waals surface area contributed by atoms with Gasteiger partial charge in [0, 0.05) is 31.7 Å². The van der Waals surface area contributed by atoms with Crippen LogP contribution in [0.5, 0.6) is 0 Å². The number of carbonyl (C=O) groups excluding carboxylic acids is 2. The smallest absolute Gasteiger partial charge is 0.430 e. The molecular weight excluding hydrogens is 527 g/mol. The topological polar surface area (TPSA) is 112 Å². The van der Waals surface area contributed by atoms with Gasteiger partial charge in [-0.3, -0.25) is 9.59 Å². The largest absolute Gasteiger partial charge is 0.437 e. The van der Waals surface area contributed by atoms with E-state index >= 15 is 0 Å². The fourth-order valence-corrected chi connectivity index (χ4v) is 5.20. The van der Waals surface area contributed by atoms with Gasteiger partial charge in [-0.1, -0.05) is 37.5 Å². The van der Waals surface area contributed by atoms with Gasteiger partial charge in [0.25, 0.3) is 11.8 Å². The van der Waals surface area contributed by atoms with E-state index in [2.05, 4.69) is 15.3 Å². The number of rotatable bonds is 6. The zero-order valence-electron chi connectivity index (χ0n) is 21.7. The quantitative estimate of drug-likeness (QED) is 0.456. The average Bonchev–Trinajstić information content (AvgIpc) is 3.45. The van der Waals surface area contributed by atoms with Gasteiger partial charge in [0.1, 0.15) is 11.9 Å². The van der Waals surface area contributed by atoms with E-state index in [1.807, 2.05) is 4.90 Å². The number of aliphatic hydroxyl groups excluding tert-OH is 1. The van der Waals surface area contributed by atoms with Crippen molar-refractivity contribution in [2.24, 2.45) is 5.92 Å². The van der Waals surface area contributed by atoms with Gasteiger partial charge >= 0.3 is 6.18 Å². The van der Waals surface area contributed by atoms with E-state index in [1.54, 1.807) is 29.2 Å². The maximum absolute atomic E-state index is 13.6. The van der Waals surface area contributed by atoms with Crippen molar-refractivity contribution < 1.29 is 32.3 Å². The first-order valence-corrected chi connectivity index (χ1v) is 13.3. The van der Waals surface area contributed by atoms with Gasteiger partial charge in [0.05, 0.1) is 11.9 Å². The van der Waals surface area contributed by atoms with Crippen molar-refractivity contribution in [3.8, 4) is 11.5 Å². The van der Waals surface area contributed by atoms with Crippen molar-refractivity contribution in [3.63, 3.8) is 0 Å². The Labute approximate surface area is 229 Å². The molecule has 2 aliphatic rings. The molecule has 212 valence electrons. The van der Waals surface area contributed by atoms with Crippen LogP contribution in [0, 0.1) is 5.92 Å². The molecule has 0 spiro atoms. The third kappa shape index (κ3) is 6.11. The number of oxazole rings is 1. The van der Waals surface area contributed by atoms with Crippen LogP contribution in [0.15, 0.2) is 53.1 Å². The second kappa shape index (κ2) is 11.7. The minimum Gasteiger partial charge on any atom is -0.430 e. The molecule has 1 saturated heterocycles. The highest BCUT2D eigenvalue weighted by atomic mass is 19.4. The summed E-state index contributed by atoms with van der Waals surface area (Å²) >= 11 is 0. The molecule has 5 rings (SSSR count). The van der Waals surface area contributed by atoms with Gasteiger partial charge in [-0.2, -0.15) is 13.2 Å². The van der Waals surface area contributed by atoms with Gasteiger partial charge in [-0.15, -0.1) is 0 Å². The number of benzene rings is 1. The number of halogens is 3. The fraction of sp³-hybridized carbons (Fsp3) is 0.429. The van der Waals surface area contributed by atoms with Crippen LogP contribution in [0.1, 0.15) is 48.4 Å². The van der Waals surface area contributed by atoms with Crippen LogP contribution in [-0.2, 0) is 11.0 Å². The number of hydrogen-bond donors (Lipinski definition) is 2. The van der Waals surface area contributed by atoms with Crippen LogP contribution in [0.4, 0.5) is 24.7 Å². The number of pyridine rings is 1. The fourth-order valence-electron chi connectivity index (χ4n) is 5.20. The Balaban J connectivity index is 1.20. The number of piperazine rings is 1. The summed E-state index contributed by atoms with van der Waals surface area (Å²) in [5, 5.41) is 13.0. The van der Waals surface area contributed by atoms with E-state index in [1.165, 1.54) is 24.4 Å². The highest BCUT2D eigenvalue weighted by molar-refractivity contribution is 6.03. The van der Waals surface area contributed by atoms with Crippen molar-refractivity contribution in [1.29, 1.82) is 0 Å². The molecule has 3 heterocycles. The summed E-state index contributed by atoms with van der Waals surface area (Å²) in [6.45, 7) is 1.91. The zero-order chi connectivity index (χ0) is 28.3. The highest BCUT2D eigenvalue weighted by Crippen LogP contribution is 2.35. The standard InChI is InChI=1S/C28H30F3N5O4/c29-28(30,31)24-23(40-26(34-24)19-9-5-2-6-10-19)25(38)33-20-11-12-21(32-17-20)35-13-15-36(16-14-35)27(39)22(37)18-7-3-1-4-8-18/h2,5-6,9-12,17-18,22,37H,1,3-4,7-8,13-16H2,(H,33,38)/t22-/m1/s1. The van der Waals surface area contributed by atoms with Crippen LogP contribution in [0.2, 0.25) is 0 Å². The molecule has 2 fully saturated rings. The Kier molecular flexibility index (Phi) is 8.06. The average molecular weight is 558 g/mol. The monoisotopic (exact) mass is 557 g/mol. The molecule has 1 atom stereocenters. The number of alkyl halides is 3. The van der Waals surface area contributed by atoms with Crippen LogP contribution < -0.4 is 10.2 Å². The molecule has 1 aliphatic heterocycles. The Morgan fingerprint density at radius 1 is 1.00 bits per heavy atom. The van der Waals surface area contributed by atoms with Gasteiger partial charge in [0.15, 0.2) is 5.69 Å². The Bertz CT molecular complexity index is 1320. The van der Waals surface area contributed by atoms with Gasteiger partial charge in [-0.25, -0.2) is 9.97 Å². The molecule has 1 aliphatic carbocycles. The van der Waals surface area contributed by atoms with Crippen LogP contribution >= 0.6 is 0 Å². The third-order valence-electron chi connectivity index (χ3n) is 7.39. The number of amides is 2. The lowest BCUT2D eigenvalue weighted by Gasteiger charge is -2.37. The lowest BCUT2D eigenvalue weighted by atomic mass is 9.85. The molecule has 2 aromatic heterocycles. The first-order valence-electron chi connectivity index (χ1n) is 13.3. The summed E-state index contributed by atoms with van der Waals surface area (Å²) < 4.78 is 46.0. The Morgan fingerprint density at radius 2 is 1.70 bits per heavy atom. The third-order valence-corrected chi connectivity index (χ3v) is 7.39. The lowest BCUT2D eigenvalue weighted by Crippen LogP contribution is -2.53. The van der Waals surface area contributed by atoms with Crippen LogP contribution in [0.3, 0.4) is 0 Å². The van der Waals surface area contributed by atoms with Crippen molar-refractivity contribution in [2.75, 3.05) is 36.4 Å². The molecule has 40 heavy (non-hydrogen) atoms. The van der Waals surface area contributed by atoms with Crippen LogP contribution in [0.25, 0.3) is 11.5 Å². The van der Waals surface area contributed by atoms with E-state index in [0.29, 0.717) is 37.6 Å². The summed E-state index contributed by atoms with van der Waals surface area (Å²) in [5.41, 5.74) is -0.915. The minimum atomic E-state index is -4.89. The molecule has 1 aromatic carbocycles. The molecule has 0 unspecified atom stereocenters. The molecule has 9 nitrogen and oxygen atoms in total. The molecule has 2 N–H and O–H groups in total. The van der Waals surface area contributed by atoms with E-state index in [-0.39, 0.29) is 23.4 Å². The Morgan fingerprint density at radius 3 is 2.33 bits per heavy atom. The normalized spacial score (nSPS) is 17.5. The van der Waals surface area contributed by atoms with Crippen molar-refractivity contribution in [2.45, 2.75) is 44.4 Å². The van der Waals surface area contributed by atoms with Crippen molar-refractivity contribution in [3.05, 3.63) is 60.1 Å². The van der Waals surface area contributed by atoms with Gasteiger partial charge < -0.3 is 24.6 Å². The van der Waals surface area contributed by atoms with Gasteiger partial charge in [-0.05, 0) is 43.0 Å². The number of nitrogens with one attached hydrogen (secondary N) is 1. The summed E-state index contributed by atoms with van der Waals surface area (Å²) in [6, 6.07) is 11.2. The number of nitrogens with zero attached hydrogens (tertiary/aromatic N) is 4. The maximum atomic E-state index is 13.6. The second-order valence-electron chi connectivity index (χ2n) is 10.1. The first kappa shape index (κ1) is 27.6. The number of aromatic nitrogens is 2. The molecule has 12 heteroatoms. The van der Waals surface area contributed by atoms with Crippen LogP contribution in [-0.4, -0.2) is 64.1 Å². The van der Waals surface area contributed by atoms with E-state index in [0.717, 1.165) is 32.1 Å². The summed E-state index contributed by atoms with van der Waals surface area (Å²) in [7, 11) is 0. The number of carbonyl (C=O) groups is 2. The molecule has 1 saturated carbocycles. The Hall–Kier alpha value is -3.93. The molecule has 0 bridgehead atoms. The maximum Gasteiger partial charge on any atom is 0.437 e. The molecular formula is C28H30F3N5O4. The SMILES string of the molecule is O=C(Nc1ccc(N2CCN(C(=O)[C@H](O)C3CCCCC3)CC2)nc1)c1oc(-c2ccccc2)nc1C(F)(F)F. The number of anilines is 2. The molecule has 3 aromatic rings. The minimum absolute atomic E-state index is 0.0257.